The number of thioether (sulfide) groups is 1. The standard InChI is InChI=1S/C31H26N4O3S3/c36-25(16-20-10-4-1-5-11-20)33-26-29(37)35-27(23(19-40-30(26)35)17-24-18-32-34-41-24)31(39)38-28(21-12-6-2-7-13-21)22-14-8-3-9-15-22/h1-15,18,26,28,30H,16-17,19H2,(H,33,36)/t26-,30-/m1/s1. The molecule has 6 rings (SSSR count). The van der Waals surface area contributed by atoms with Crippen LogP contribution in [0.3, 0.4) is 0 Å². The number of β-lactam (4-membered cyclic amide) rings is 1. The lowest BCUT2D eigenvalue weighted by atomic mass is 10.00. The summed E-state index contributed by atoms with van der Waals surface area (Å²) in [5.74, 6) is 0.256. The van der Waals surface area contributed by atoms with Gasteiger partial charge in [-0.05, 0) is 46.0 Å². The lowest BCUT2D eigenvalue weighted by Gasteiger charge is -2.50. The molecule has 0 unspecified atom stereocenters. The zero-order valence-electron chi connectivity index (χ0n) is 21.9. The summed E-state index contributed by atoms with van der Waals surface area (Å²) in [6, 6.07) is 28.7. The van der Waals surface area contributed by atoms with E-state index in [1.807, 2.05) is 91.0 Å². The molecule has 0 spiro atoms. The molecule has 2 aliphatic heterocycles. The van der Waals surface area contributed by atoms with E-state index in [0.717, 1.165) is 27.1 Å². The van der Waals surface area contributed by atoms with Gasteiger partial charge in [-0.15, -0.1) is 16.9 Å². The quantitative estimate of drug-likeness (QED) is 0.212. The second-order valence-corrected chi connectivity index (χ2v) is 12.1. The Balaban J connectivity index is 1.27. The molecule has 1 fully saturated rings. The molecular formula is C31H26N4O3S3. The molecule has 2 aliphatic rings. The minimum Gasteiger partial charge on any atom is -0.469 e. The summed E-state index contributed by atoms with van der Waals surface area (Å²) in [7, 11) is 0. The smallest absolute Gasteiger partial charge is 0.253 e. The number of fused-ring (bicyclic) bond motifs is 1. The van der Waals surface area contributed by atoms with Crippen LogP contribution >= 0.6 is 35.5 Å². The summed E-state index contributed by atoms with van der Waals surface area (Å²) in [4.78, 5) is 29.1. The highest BCUT2D eigenvalue weighted by molar-refractivity contribution is 8.00. The Morgan fingerprint density at radius 1 is 1.00 bits per heavy atom. The van der Waals surface area contributed by atoms with Crippen molar-refractivity contribution in [3.63, 3.8) is 0 Å². The van der Waals surface area contributed by atoms with Crippen molar-refractivity contribution in [3.05, 3.63) is 130 Å². The van der Waals surface area contributed by atoms with Gasteiger partial charge in [0.1, 0.15) is 17.5 Å². The van der Waals surface area contributed by atoms with Crippen LogP contribution in [0.15, 0.2) is 108 Å². The number of nitrogens with one attached hydrogen (secondary N) is 1. The highest BCUT2D eigenvalue weighted by Gasteiger charge is 2.53. The Morgan fingerprint density at radius 3 is 2.24 bits per heavy atom. The average Bonchev–Trinajstić information content (AvgIpc) is 3.53. The van der Waals surface area contributed by atoms with Crippen LogP contribution in [0.1, 0.15) is 27.7 Å². The first kappa shape index (κ1) is 27.3. The third-order valence-electron chi connectivity index (χ3n) is 6.99. The van der Waals surface area contributed by atoms with E-state index in [4.69, 9.17) is 17.0 Å². The van der Waals surface area contributed by atoms with Gasteiger partial charge in [-0.2, -0.15) is 0 Å². The Morgan fingerprint density at radius 2 is 1.63 bits per heavy atom. The van der Waals surface area contributed by atoms with Gasteiger partial charge in [0.05, 0.1) is 18.3 Å². The monoisotopic (exact) mass is 598 g/mol. The number of amides is 2. The maximum Gasteiger partial charge on any atom is 0.253 e. The molecule has 3 heterocycles. The maximum atomic E-state index is 13.6. The van der Waals surface area contributed by atoms with Crippen LogP contribution in [-0.2, 0) is 27.2 Å². The minimum atomic E-state index is -0.625. The Bertz CT molecular complexity index is 1520. The molecule has 10 heteroatoms. The van der Waals surface area contributed by atoms with E-state index in [9.17, 15) is 9.59 Å². The van der Waals surface area contributed by atoms with E-state index < -0.39 is 12.1 Å². The van der Waals surface area contributed by atoms with Crippen molar-refractivity contribution >= 4 is 52.4 Å². The van der Waals surface area contributed by atoms with Crippen molar-refractivity contribution in [1.82, 2.24) is 19.8 Å². The lowest BCUT2D eigenvalue weighted by Crippen LogP contribution is -2.70. The van der Waals surface area contributed by atoms with Crippen molar-refractivity contribution < 1.29 is 14.3 Å². The maximum absolute atomic E-state index is 13.6. The van der Waals surface area contributed by atoms with Crippen LogP contribution in [0.4, 0.5) is 0 Å². The summed E-state index contributed by atoms with van der Waals surface area (Å²) in [6.07, 6.45) is 2.06. The molecule has 0 radical (unpaired) electrons. The predicted octanol–water partition coefficient (Wildman–Crippen LogP) is 5.11. The number of nitrogens with zero attached hydrogens (tertiary/aromatic N) is 3. The molecule has 0 bridgehead atoms. The minimum absolute atomic E-state index is 0.186. The van der Waals surface area contributed by atoms with E-state index in [2.05, 4.69) is 14.9 Å². The molecule has 2 atom stereocenters. The molecular weight excluding hydrogens is 573 g/mol. The summed E-state index contributed by atoms with van der Waals surface area (Å²) in [6.45, 7) is 0. The van der Waals surface area contributed by atoms with Crippen molar-refractivity contribution in [1.29, 1.82) is 0 Å². The number of carbonyl (C=O) groups is 2. The number of rotatable bonds is 9. The highest BCUT2D eigenvalue weighted by atomic mass is 32.2. The van der Waals surface area contributed by atoms with Gasteiger partial charge in [0.15, 0.2) is 0 Å². The van der Waals surface area contributed by atoms with Gasteiger partial charge in [0, 0.05) is 17.1 Å². The second kappa shape index (κ2) is 12.3. The first-order valence-corrected chi connectivity index (χ1v) is 15.4. The highest BCUT2D eigenvalue weighted by Crippen LogP contribution is 2.43. The number of hydrogen-bond donors (Lipinski definition) is 1. The molecule has 0 aliphatic carbocycles. The predicted molar refractivity (Wildman–Crippen MR) is 164 cm³/mol. The first-order chi connectivity index (χ1) is 20.1. The third-order valence-corrected chi connectivity index (χ3v) is 9.28. The molecule has 41 heavy (non-hydrogen) atoms. The van der Waals surface area contributed by atoms with E-state index in [0.29, 0.717) is 17.9 Å². The Hall–Kier alpha value is -3.86. The fourth-order valence-electron chi connectivity index (χ4n) is 5.04. The third kappa shape index (κ3) is 5.95. The van der Waals surface area contributed by atoms with Crippen molar-refractivity contribution in [2.24, 2.45) is 0 Å². The molecule has 0 saturated carbocycles. The van der Waals surface area contributed by atoms with Crippen LogP contribution < -0.4 is 5.32 Å². The van der Waals surface area contributed by atoms with E-state index >= 15 is 0 Å². The topological polar surface area (TPSA) is 84.4 Å². The normalized spacial score (nSPS) is 18.1. The first-order valence-electron chi connectivity index (χ1n) is 13.2. The van der Waals surface area contributed by atoms with Crippen LogP contribution in [0.2, 0.25) is 0 Å². The largest absolute Gasteiger partial charge is 0.469 e. The number of aromatic nitrogens is 2. The van der Waals surface area contributed by atoms with Gasteiger partial charge < -0.3 is 10.1 Å². The van der Waals surface area contributed by atoms with E-state index in [1.54, 1.807) is 22.9 Å². The zero-order chi connectivity index (χ0) is 28.2. The zero-order valence-corrected chi connectivity index (χ0v) is 24.3. The molecule has 7 nitrogen and oxygen atoms in total. The fraction of sp³-hybridized carbons (Fsp3) is 0.194. The summed E-state index contributed by atoms with van der Waals surface area (Å²) in [5.41, 5.74) is 4.39. The molecule has 1 N–H and O–H groups in total. The number of carbonyl (C=O) groups excluding carboxylic acids is 2. The van der Waals surface area contributed by atoms with E-state index in [1.165, 1.54) is 11.5 Å². The van der Waals surface area contributed by atoms with Gasteiger partial charge in [0.2, 0.25) is 11.0 Å². The average molecular weight is 599 g/mol. The number of thiocarbonyl (C=S) groups is 1. The molecule has 1 aromatic heterocycles. The van der Waals surface area contributed by atoms with Crippen molar-refractivity contribution in [3.8, 4) is 0 Å². The van der Waals surface area contributed by atoms with Gasteiger partial charge >= 0.3 is 0 Å². The number of ether oxygens (including phenoxy) is 1. The van der Waals surface area contributed by atoms with Crippen LogP contribution in [0.5, 0.6) is 0 Å². The SMILES string of the molecule is O=C(Cc1ccccc1)N[C@@H]1C(=O)N2C(C(=S)OC(c3ccccc3)c3ccccc3)=C(Cc3cnns3)CS[C@H]12. The second-order valence-electron chi connectivity index (χ2n) is 9.74. The molecule has 206 valence electrons. The van der Waals surface area contributed by atoms with Gasteiger partial charge in [-0.1, -0.05) is 95.5 Å². The molecule has 3 aromatic carbocycles. The Labute approximate surface area is 251 Å². The number of benzene rings is 3. The molecule has 4 aromatic rings. The molecule has 2 amide bonds. The van der Waals surface area contributed by atoms with Crippen LogP contribution in [0.25, 0.3) is 0 Å². The lowest BCUT2D eigenvalue weighted by molar-refractivity contribution is -0.145. The fourth-order valence-corrected chi connectivity index (χ4v) is 7.25. The van der Waals surface area contributed by atoms with Crippen LogP contribution in [-0.4, -0.2) is 48.5 Å². The number of hydrogen-bond acceptors (Lipinski definition) is 8. The van der Waals surface area contributed by atoms with Gasteiger partial charge in [-0.25, -0.2) is 0 Å². The molecule has 1 saturated heterocycles. The summed E-state index contributed by atoms with van der Waals surface area (Å²) in [5, 5.41) is 6.91. The summed E-state index contributed by atoms with van der Waals surface area (Å²) >= 11 is 8.89. The van der Waals surface area contributed by atoms with Crippen LogP contribution in [0, 0.1) is 0 Å². The van der Waals surface area contributed by atoms with Crippen molar-refractivity contribution in [2.45, 2.75) is 30.4 Å². The van der Waals surface area contributed by atoms with Gasteiger partial charge in [-0.3, -0.25) is 14.5 Å². The van der Waals surface area contributed by atoms with Gasteiger partial charge in [0.25, 0.3) is 5.91 Å². The van der Waals surface area contributed by atoms with Crippen molar-refractivity contribution in [2.75, 3.05) is 5.75 Å². The Kier molecular flexibility index (Phi) is 8.22. The van der Waals surface area contributed by atoms with E-state index in [-0.39, 0.29) is 28.7 Å². The summed E-state index contributed by atoms with van der Waals surface area (Å²) < 4.78 is 10.6.